The lowest BCUT2D eigenvalue weighted by molar-refractivity contribution is 0.0601. The van der Waals surface area contributed by atoms with Crippen molar-refractivity contribution in [2.45, 2.75) is 6.92 Å². The minimum atomic E-state index is -0.359. The van der Waals surface area contributed by atoms with E-state index in [9.17, 15) is 4.79 Å². The van der Waals surface area contributed by atoms with Crippen molar-refractivity contribution in [2.24, 2.45) is 10.2 Å². The fourth-order valence-corrected chi connectivity index (χ4v) is 1.59. The molecule has 0 saturated heterocycles. The summed E-state index contributed by atoms with van der Waals surface area (Å²) in [7, 11) is 1.35. The summed E-state index contributed by atoms with van der Waals surface area (Å²) in [5.74, 6) is -0.359. The molecule has 0 spiro atoms. The van der Waals surface area contributed by atoms with Crippen LogP contribution in [0.2, 0.25) is 0 Å². The summed E-state index contributed by atoms with van der Waals surface area (Å²) in [4.78, 5) is 11.3. The summed E-state index contributed by atoms with van der Waals surface area (Å²) in [6.45, 7) is 2.00. The van der Waals surface area contributed by atoms with E-state index in [1.807, 2.05) is 31.2 Å². The summed E-state index contributed by atoms with van der Waals surface area (Å²) in [6.07, 6.45) is 0. The first kappa shape index (κ1) is 13.0. The number of rotatable bonds is 3. The SMILES string of the molecule is COC(=O)c1ccc(N=Nc2cccc(C)c2)cc1. The lowest BCUT2D eigenvalue weighted by atomic mass is 10.2. The maximum atomic E-state index is 11.3. The number of hydrogen-bond donors (Lipinski definition) is 0. The first-order valence-corrected chi connectivity index (χ1v) is 5.86. The zero-order valence-corrected chi connectivity index (χ0v) is 10.8. The molecule has 0 aliphatic rings. The third-order valence-corrected chi connectivity index (χ3v) is 2.57. The zero-order valence-electron chi connectivity index (χ0n) is 10.8. The summed E-state index contributed by atoms with van der Waals surface area (Å²) < 4.78 is 4.63. The molecule has 0 bridgehead atoms. The molecule has 0 atom stereocenters. The van der Waals surface area contributed by atoms with E-state index in [1.54, 1.807) is 24.3 Å². The Morgan fingerprint density at radius 2 is 1.68 bits per heavy atom. The topological polar surface area (TPSA) is 51.0 Å². The molecule has 19 heavy (non-hydrogen) atoms. The van der Waals surface area contributed by atoms with Gasteiger partial charge in [0.25, 0.3) is 0 Å². The van der Waals surface area contributed by atoms with Gasteiger partial charge in [-0.1, -0.05) is 12.1 Å². The molecule has 0 amide bonds. The number of hydrogen-bond acceptors (Lipinski definition) is 4. The van der Waals surface area contributed by atoms with Gasteiger partial charge in [-0.05, 0) is 48.9 Å². The Hall–Kier alpha value is -2.49. The second kappa shape index (κ2) is 5.91. The number of methoxy groups -OCH3 is 1. The molecule has 2 rings (SSSR count). The van der Waals surface area contributed by atoms with Crippen LogP contribution in [0.1, 0.15) is 15.9 Å². The molecule has 0 N–H and O–H groups in total. The van der Waals surface area contributed by atoms with Gasteiger partial charge in [0.2, 0.25) is 0 Å². The highest BCUT2D eigenvalue weighted by Crippen LogP contribution is 2.19. The van der Waals surface area contributed by atoms with Crippen LogP contribution in [-0.4, -0.2) is 13.1 Å². The second-order valence-corrected chi connectivity index (χ2v) is 4.08. The number of carbonyl (C=O) groups is 1. The molecular weight excluding hydrogens is 240 g/mol. The van der Waals surface area contributed by atoms with Crippen LogP contribution in [0, 0.1) is 6.92 Å². The van der Waals surface area contributed by atoms with Gasteiger partial charge in [-0.15, -0.1) is 0 Å². The molecule has 0 aliphatic heterocycles. The molecule has 0 fully saturated rings. The number of aryl methyl sites for hydroxylation is 1. The van der Waals surface area contributed by atoms with E-state index < -0.39 is 0 Å². The van der Waals surface area contributed by atoms with Crippen molar-refractivity contribution >= 4 is 17.3 Å². The summed E-state index contributed by atoms with van der Waals surface area (Å²) in [5.41, 5.74) is 3.13. The molecular formula is C15H14N2O2. The maximum absolute atomic E-state index is 11.3. The Morgan fingerprint density at radius 1 is 1.00 bits per heavy atom. The van der Waals surface area contributed by atoms with E-state index in [1.165, 1.54) is 7.11 Å². The molecule has 2 aromatic carbocycles. The van der Waals surface area contributed by atoms with Gasteiger partial charge in [0.15, 0.2) is 0 Å². The Kier molecular flexibility index (Phi) is 4.03. The van der Waals surface area contributed by atoms with Crippen molar-refractivity contribution < 1.29 is 9.53 Å². The Bertz CT molecular complexity index is 604. The molecule has 0 saturated carbocycles. The highest BCUT2D eigenvalue weighted by Gasteiger charge is 2.03. The third-order valence-electron chi connectivity index (χ3n) is 2.57. The zero-order chi connectivity index (χ0) is 13.7. The van der Waals surface area contributed by atoms with Gasteiger partial charge >= 0.3 is 5.97 Å². The van der Waals surface area contributed by atoms with Crippen molar-refractivity contribution in [1.29, 1.82) is 0 Å². The average Bonchev–Trinajstić information content (AvgIpc) is 2.45. The normalized spacial score (nSPS) is 10.6. The van der Waals surface area contributed by atoms with Gasteiger partial charge in [0.05, 0.1) is 24.0 Å². The predicted octanol–water partition coefficient (Wildman–Crippen LogP) is 4.20. The molecule has 2 aromatic rings. The Morgan fingerprint density at radius 3 is 2.32 bits per heavy atom. The fourth-order valence-electron chi connectivity index (χ4n) is 1.59. The number of benzene rings is 2. The molecule has 0 aliphatic carbocycles. The fraction of sp³-hybridized carbons (Fsp3) is 0.133. The van der Waals surface area contributed by atoms with Crippen LogP contribution in [0.15, 0.2) is 58.8 Å². The number of azo groups is 1. The van der Waals surface area contributed by atoms with Crippen molar-refractivity contribution in [2.75, 3.05) is 7.11 Å². The van der Waals surface area contributed by atoms with Crippen LogP contribution in [0.25, 0.3) is 0 Å². The number of nitrogens with zero attached hydrogens (tertiary/aromatic N) is 2. The maximum Gasteiger partial charge on any atom is 0.337 e. The smallest absolute Gasteiger partial charge is 0.337 e. The lowest BCUT2D eigenvalue weighted by Crippen LogP contribution is -1.99. The van der Waals surface area contributed by atoms with Gasteiger partial charge in [0.1, 0.15) is 0 Å². The van der Waals surface area contributed by atoms with Crippen molar-refractivity contribution in [3.05, 3.63) is 59.7 Å². The largest absolute Gasteiger partial charge is 0.465 e. The van der Waals surface area contributed by atoms with Crippen LogP contribution in [0.4, 0.5) is 11.4 Å². The van der Waals surface area contributed by atoms with E-state index in [2.05, 4.69) is 15.0 Å². The van der Waals surface area contributed by atoms with E-state index in [0.717, 1.165) is 11.3 Å². The number of esters is 1. The molecule has 0 radical (unpaired) electrons. The standard InChI is InChI=1S/C15H14N2O2/c1-11-4-3-5-14(10-11)17-16-13-8-6-12(7-9-13)15(18)19-2/h3-10H,1-2H3. The van der Waals surface area contributed by atoms with E-state index in [4.69, 9.17) is 0 Å². The van der Waals surface area contributed by atoms with Crippen LogP contribution >= 0.6 is 0 Å². The molecule has 4 nitrogen and oxygen atoms in total. The number of ether oxygens (including phenoxy) is 1. The lowest BCUT2D eigenvalue weighted by Gasteiger charge is -1.99. The quantitative estimate of drug-likeness (QED) is 0.609. The minimum absolute atomic E-state index is 0.359. The van der Waals surface area contributed by atoms with Crippen molar-refractivity contribution in [1.82, 2.24) is 0 Å². The van der Waals surface area contributed by atoms with Crippen molar-refractivity contribution in [3.8, 4) is 0 Å². The van der Waals surface area contributed by atoms with Gasteiger partial charge in [-0.3, -0.25) is 0 Å². The molecule has 0 unspecified atom stereocenters. The summed E-state index contributed by atoms with van der Waals surface area (Å²) >= 11 is 0. The molecule has 0 aromatic heterocycles. The summed E-state index contributed by atoms with van der Waals surface area (Å²) in [6, 6.07) is 14.6. The monoisotopic (exact) mass is 254 g/mol. The average molecular weight is 254 g/mol. The molecule has 4 heteroatoms. The van der Waals surface area contributed by atoms with Gasteiger partial charge < -0.3 is 4.74 Å². The second-order valence-electron chi connectivity index (χ2n) is 4.08. The summed E-state index contributed by atoms with van der Waals surface area (Å²) in [5, 5.41) is 8.26. The highest BCUT2D eigenvalue weighted by molar-refractivity contribution is 5.89. The minimum Gasteiger partial charge on any atom is -0.465 e. The van der Waals surface area contributed by atoms with E-state index in [-0.39, 0.29) is 5.97 Å². The van der Waals surface area contributed by atoms with Crippen LogP contribution in [0.3, 0.4) is 0 Å². The third kappa shape index (κ3) is 3.48. The Balaban J connectivity index is 2.13. The molecule has 0 heterocycles. The molecule has 96 valence electrons. The Labute approximate surface area is 111 Å². The number of carbonyl (C=O) groups excluding carboxylic acids is 1. The van der Waals surface area contributed by atoms with Crippen LogP contribution in [-0.2, 0) is 4.74 Å². The van der Waals surface area contributed by atoms with Crippen LogP contribution < -0.4 is 0 Å². The highest BCUT2D eigenvalue weighted by atomic mass is 16.5. The first-order valence-electron chi connectivity index (χ1n) is 5.86. The van der Waals surface area contributed by atoms with Gasteiger partial charge in [-0.2, -0.15) is 10.2 Å². The predicted molar refractivity (Wildman–Crippen MR) is 73.1 cm³/mol. The first-order chi connectivity index (χ1) is 9.19. The van der Waals surface area contributed by atoms with Gasteiger partial charge in [-0.25, -0.2) is 4.79 Å². The van der Waals surface area contributed by atoms with Gasteiger partial charge in [0, 0.05) is 0 Å². The van der Waals surface area contributed by atoms with Crippen LogP contribution in [0.5, 0.6) is 0 Å². The van der Waals surface area contributed by atoms with Crippen molar-refractivity contribution in [3.63, 3.8) is 0 Å². The van der Waals surface area contributed by atoms with E-state index in [0.29, 0.717) is 11.3 Å². The van der Waals surface area contributed by atoms with E-state index >= 15 is 0 Å².